The Morgan fingerprint density at radius 1 is 1.47 bits per heavy atom. The molecule has 17 heavy (non-hydrogen) atoms. The predicted molar refractivity (Wildman–Crippen MR) is 66.4 cm³/mol. The first-order chi connectivity index (χ1) is 8.20. The van der Waals surface area contributed by atoms with Crippen LogP contribution in [0, 0.1) is 18.3 Å². The van der Waals surface area contributed by atoms with Crippen LogP contribution >= 0.6 is 0 Å². The summed E-state index contributed by atoms with van der Waals surface area (Å²) in [7, 11) is 1.88. The molecule has 2 aromatic rings. The summed E-state index contributed by atoms with van der Waals surface area (Å²) in [6.45, 7) is 2.02. The largest absolute Gasteiger partial charge is 0.365 e. The van der Waals surface area contributed by atoms with Crippen molar-refractivity contribution in [3.63, 3.8) is 0 Å². The van der Waals surface area contributed by atoms with Gasteiger partial charge >= 0.3 is 0 Å². The number of nitrogens with zero attached hydrogens (tertiary/aromatic N) is 3. The Labute approximate surface area is 101 Å². The number of aryl methyl sites for hydroxylation is 2. The molecule has 1 aromatic carbocycles. The second kappa shape index (κ2) is 4.71. The van der Waals surface area contributed by atoms with Gasteiger partial charge in [0, 0.05) is 12.7 Å². The molecule has 0 fully saturated rings. The zero-order valence-electron chi connectivity index (χ0n) is 9.88. The van der Waals surface area contributed by atoms with E-state index in [0.717, 1.165) is 16.9 Å². The lowest BCUT2D eigenvalue weighted by molar-refractivity contribution is 0.799. The van der Waals surface area contributed by atoms with E-state index in [-0.39, 0.29) is 6.04 Å². The first-order valence-electron chi connectivity index (χ1n) is 5.40. The minimum atomic E-state index is -0.385. The van der Waals surface area contributed by atoms with Gasteiger partial charge in [0.15, 0.2) is 6.04 Å². The maximum atomic E-state index is 9.20. The van der Waals surface area contributed by atoms with Crippen LogP contribution in [-0.2, 0) is 7.05 Å². The van der Waals surface area contributed by atoms with Gasteiger partial charge < -0.3 is 9.88 Å². The van der Waals surface area contributed by atoms with Crippen LogP contribution < -0.4 is 5.32 Å². The number of imidazole rings is 1. The molecule has 1 atom stereocenters. The number of anilines is 1. The SMILES string of the molecule is Cc1cccc(NC(C#N)c2cncn2C)c1. The molecule has 1 aromatic heterocycles. The van der Waals surface area contributed by atoms with Crippen molar-refractivity contribution in [2.75, 3.05) is 5.32 Å². The van der Waals surface area contributed by atoms with Crippen molar-refractivity contribution in [3.05, 3.63) is 48.0 Å². The molecule has 0 spiro atoms. The number of nitrogens with one attached hydrogen (secondary N) is 1. The van der Waals surface area contributed by atoms with Crippen molar-refractivity contribution in [3.8, 4) is 6.07 Å². The summed E-state index contributed by atoms with van der Waals surface area (Å²) in [5, 5.41) is 12.4. The normalized spacial score (nSPS) is 11.8. The topological polar surface area (TPSA) is 53.6 Å². The second-order valence-electron chi connectivity index (χ2n) is 4.01. The van der Waals surface area contributed by atoms with Gasteiger partial charge in [0.05, 0.1) is 24.3 Å². The lowest BCUT2D eigenvalue weighted by Gasteiger charge is -2.13. The molecule has 86 valence electrons. The maximum Gasteiger partial charge on any atom is 0.156 e. The smallest absolute Gasteiger partial charge is 0.156 e. The molecule has 4 heteroatoms. The van der Waals surface area contributed by atoms with E-state index < -0.39 is 0 Å². The lowest BCUT2D eigenvalue weighted by atomic mass is 10.2. The zero-order valence-corrected chi connectivity index (χ0v) is 9.88. The first kappa shape index (κ1) is 11.2. The standard InChI is InChI=1S/C13H14N4/c1-10-4-3-5-11(6-10)16-12(7-14)13-8-15-9-17(13)2/h3-6,8-9,12,16H,1-2H3. The molecule has 1 unspecified atom stereocenters. The van der Waals surface area contributed by atoms with E-state index in [0.29, 0.717) is 0 Å². The Morgan fingerprint density at radius 3 is 2.88 bits per heavy atom. The molecular formula is C13H14N4. The summed E-state index contributed by atoms with van der Waals surface area (Å²) < 4.78 is 1.84. The van der Waals surface area contributed by atoms with Crippen LogP contribution in [0.3, 0.4) is 0 Å². The van der Waals surface area contributed by atoms with Crippen LogP contribution in [0.5, 0.6) is 0 Å². The fourth-order valence-corrected chi connectivity index (χ4v) is 1.72. The van der Waals surface area contributed by atoms with Gasteiger partial charge in [-0.1, -0.05) is 12.1 Å². The van der Waals surface area contributed by atoms with Gasteiger partial charge in [-0.25, -0.2) is 4.98 Å². The molecule has 0 amide bonds. The van der Waals surface area contributed by atoms with Crippen molar-refractivity contribution in [1.82, 2.24) is 9.55 Å². The minimum Gasteiger partial charge on any atom is -0.365 e. The van der Waals surface area contributed by atoms with E-state index in [9.17, 15) is 5.26 Å². The second-order valence-corrected chi connectivity index (χ2v) is 4.01. The molecule has 0 saturated heterocycles. The van der Waals surface area contributed by atoms with Gasteiger partial charge in [-0.2, -0.15) is 5.26 Å². The van der Waals surface area contributed by atoms with Gasteiger partial charge in [0.1, 0.15) is 0 Å². The Hall–Kier alpha value is -2.28. The van der Waals surface area contributed by atoms with Crippen LogP contribution in [0.1, 0.15) is 17.3 Å². The van der Waals surface area contributed by atoms with Gasteiger partial charge in [0.2, 0.25) is 0 Å². The molecule has 0 aliphatic carbocycles. The van der Waals surface area contributed by atoms with Crippen LogP contribution in [0.15, 0.2) is 36.8 Å². The average Bonchev–Trinajstić information content (AvgIpc) is 2.72. The van der Waals surface area contributed by atoms with Crippen molar-refractivity contribution in [2.24, 2.45) is 7.05 Å². The third kappa shape index (κ3) is 2.45. The number of benzene rings is 1. The Bertz CT molecular complexity index is 551. The Kier molecular flexibility index (Phi) is 3.10. The molecule has 0 radical (unpaired) electrons. The van der Waals surface area contributed by atoms with Gasteiger partial charge in [0.25, 0.3) is 0 Å². The van der Waals surface area contributed by atoms with Crippen LogP contribution in [0.2, 0.25) is 0 Å². The summed E-state index contributed by atoms with van der Waals surface area (Å²) in [6, 6.07) is 9.82. The molecule has 0 bridgehead atoms. The Morgan fingerprint density at radius 2 is 2.29 bits per heavy atom. The van der Waals surface area contributed by atoms with Gasteiger partial charge in [-0.05, 0) is 24.6 Å². The van der Waals surface area contributed by atoms with Crippen molar-refractivity contribution < 1.29 is 0 Å². The summed E-state index contributed by atoms with van der Waals surface area (Å²) in [6.07, 6.45) is 3.40. The van der Waals surface area contributed by atoms with Crippen LogP contribution in [0.25, 0.3) is 0 Å². The zero-order chi connectivity index (χ0) is 12.3. The first-order valence-corrected chi connectivity index (χ1v) is 5.40. The fourth-order valence-electron chi connectivity index (χ4n) is 1.72. The van der Waals surface area contributed by atoms with E-state index >= 15 is 0 Å². The number of hydrogen-bond donors (Lipinski definition) is 1. The molecule has 1 N–H and O–H groups in total. The summed E-state index contributed by atoms with van der Waals surface area (Å²) in [4.78, 5) is 4.02. The molecule has 2 rings (SSSR count). The van der Waals surface area contributed by atoms with Crippen LogP contribution in [0.4, 0.5) is 5.69 Å². The third-order valence-corrected chi connectivity index (χ3v) is 2.61. The van der Waals surface area contributed by atoms with Gasteiger partial charge in [-0.15, -0.1) is 0 Å². The molecular weight excluding hydrogens is 212 g/mol. The van der Waals surface area contributed by atoms with E-state index in [1.54, 1.807) is 12.5 Å². The van der Waals surface area contributed by atoms with E-state index in [1.165, 1.54) is 0 Å². The summed E-state index contributed by atoms with van der Waals surface area (Å²) in [5.41, 5.74) is 2.96. The van der Waals surface area contributed by atoms with Crippen LogP contribution in [-0.4, -0.2) is 9.55 Å². The average molecular weight is 226 g/mol. The highest BCUT2D eigenvalue weighted by Crippen LogP contribution is 2.18. The number of hydrogen-bond acceptors (Lipinski definition) is 3. The van der Waals surface area contributed by atoms with E-state index in [2.05, 4.69) is 16.4 Å². The predicted octanol–water partition coefficient (Wildman–Crippen LogP) is 2.41. The summed E-state index contributed by atoms with van der Waals surface area (Å²) in [5.74, 6) is 0. The highest BCUT2D eigenvalue weighted by Gasteiger charge is 2.13. The molecule has 0 saturated carbocycles. The lowest BCUT2D eigenvalue weighted by Crippen LogP contribution is -2.12. The van der Waals surface area contributed by atoms with Crippen molar-refractivity contribution >= 4 is 5.69 Å². The third-order valence-electron chi connectivity index (χ3n) is 2.61. The minimum absolute atomic E-state index is 0.385. The Balaban J connectivity index is 2.23. The number of nitriles is 1. The number of rotatable bonds is 3. The highest BCUT2D eigenvalue weighted by molar-refractivity contribution is 5.48. The summed E-state index contributed by atoms with van der Waals surface area (Å²) >= 11 is 0. The van der Waals surface area contributed by atoms with Crippen molar-refractivity contribution in [2.45, 2.75) is 13.0 Å². The van der Waals surface area contributed by atoms with Crippen molar-refractivity contribution in [1.29, 1.82) is 5.26 Å². The van der Waals surface area contributed by atoms with E-state index in [4.69, 9.17) is 0 Å². The monoisotopic (exact) mass is 226 g/mol. The highest BCUT2D eigenvalue weighted by atomic mass is 15.1. The molecule has 1 heterocycles. The van der Waals surface area contributed by atoms with E-state index in [1.807, 2.05) is 42.8 Å². The maximum absolute atomic E-state index is 9.20. The fraction of sp³-hybridized carbons (Fsp3) is 0.231. The molecule has 0 aliphatic rings. The quantitative estimate of drug-likeness (QED) is 0.874. The molecule has 4 nitrogen and oxygen atoms in total. The van der Waals surface area contributed by atoms with Gasteiger partial charge in [-0.3, -0.25) is 0 Å². The molecule has 0 aliphatic heterocycles. The number of aromatic nitrogens is 2.